The van der Waals surface area contributed by atoms with Gasteiger partial charge in [0.2, 0.25) is 11.8 Å². The van der Waals surface area contributed by atoms with E-state index < -0.39 is 6.04 Å². The number of rotatable bonds is 10. The van der Waals surface area contributed by atoms with E-state index in [1.54, 1.807) is 14.2 Å². The number of benzene rings is 3. The molecule has 0 aliphatic heterocycles. The van der Waals surface area contributed by atoms with Crippen LogP contribution in [-0.4, -0.2) is 32.1 Å². The van der Waals surface area contributed by atoms with Crippen LogP contribution in [0.4, 0.5) is 0 Å². The average molecular weight is 463 g/mol. The number of methoxy groups -OCH3 is 2. The minimum absolute atomic E-state index is 0.176. The summed E-state index contributed by atoms with van der Waals surface area (Å²) in [5.41, 5.74) is 2.76. The van der Waals surface area contributed by atoms with Gasteiger partial charge in [-0.15, -0.1) is 0 Å². The summed E-state index contributed by atoms with van der Waals surface area (Å²) >= 11 is 0. The molecular weight excluding hydrogens is 428 g/mol. The molecule has 3 aromatic carbocycles. The van der Waals surface area contributed by atoms with Crippen LogP contribution in [-0.2, 0) is 29.0 Å². The third kappa shape index (κ3) is 8.62. The van der Waals surface area contributed by atoms with E-state index in [1.807, 2.05) is 92.7 Å². The maximum Gasteiger partial charge on any atom is 0.243 e. The third-order valence-electron chi connectivity index (χ3n) is 5.08. The highest BCUT2D eigenvalue weighted by Gasteiger charge is 2.21. The number of nitrogens with one attached hydrogen (secondary N) is 2. The zero-order valence-electron chi connectivity index (χ0n) is 20.3. The van der Waals surface area contributed by atoms with Gasteiger partial charge >= 0.3 is 0 Å². The minimum atomic E-state index is -0.696. The lowest BCUT2D eigenvalue weighted by Crippen LogP contribution is -2.48. The molecule has 3 rings (SSSR count). The molecule has 0 saturated carbocycles. The lowest BCUT2D eigenvalue weighted by molar-refractivity contribution is -0.128. The van der Waals surface area contributed by atoms with Gasteiger partial charge in [-0.05, 0) is 41.0 Å². The van der Waals surface area contributed by atoms with E-state index in [1.165, 1.54) is 0 Å². The Morgan fingerprint density at radius 3 is 1.79 bits per heavy atom. The summed E-state index contributed by atoms with van der Waals surface area (Å²) in [4.78, 5) is 25.7. The molecule has 0 heterocycles. The van der Waals surface area contributed by atoms with E-state index in [-0.39, 0.29) is 18.2 Å². The molecule has 0 saturated heterocycles. The Balaban J connectivity index is 0.00000199. The average Bonchev–Trinajstić information content (AvgIpc) is 2.89. The van der Waals surface area contributed by atoms with E-state index in [2.05, 4.69) is 10.6 Å². The van der Waals surface area contributed by atoms with E-state index in [4.69, 9.17) is 9.47 Å². The second-order valence-corrected chi connectivity index (χ2v) is 7.40. The summed E-state index contributed by atoms with van der Waals surface area (Å²) in [5.74, 6) is 1.02. The molecule has 1 atom stereocenters. The Morgan fingerprint density at radius 2 is 1.26 bits per heavy atom. The van der Waals surface area contributed by atoms with Crippen LogP contribution in [0.1, 0.15) is 30.5 Å². The molecular formula is C28H34N2O4. The SMILES string of the molecule is CC.COc1ccc(CC(=O)NC(Cc2ccc(OC)cc2)C(=O)NCc2ccccc2)cc1. The first-order valence-electron chi connectivity index (χ1n) is 11.4. The van der Waals surface area contributed by atoms with Gasteiger partial charge in [0.25, 0.3) is 0 Å². The van der Waals surface area contributed by atoms with Crippen molar-refractivity contribution in [1.29, 1.82) is 0 Å². The molecule has 0 aliphatic rings. The van der Waals surface area contributed by atoms with Crippen LogP contribution >= 0.6 is 0 Å². The highest BCUT2D eigenvalue weighted by atomic mass is 16.5. The minimum Gasteiger partial charge on any atom is -0.497 e. The first kappa shape index (κ1) is 26.5. The highest BCUT2D eigenvalue weighted by Crippen LogP contribution is 2.14. The Hall–Kier alpha value is -3.80. The predicted octanol–water partition coefficient (Wildman–Crippen LogP) is 4.32. The Labute approximate surface area is 202 Å². The second kappa shape index (κ2) is 14.4. The van der Waals surface area contributed by atoms with E-state index in [0.29, 0.717) is 13.0 Å². The predicted molar refractivity (Wildman–Crippen MR) is 135 cm³/mol. The van der Waals surface area contributed by atoms with Crippen LogP contribution in [0.15, 0.2) is 78.9 Å². The van der Waals surface area contributed by atoms with Crippen molar-refractivity contribution in [3.8, 4) is 11.5 Å². The molecule has 1 unspecified atom stereocenters. The summed E-state index contributed by atoms with van der Waals surface area (Å²) in [5, 5.41) is 5.83. The van der Waals surface area contributed by atoms with E-state index in [9.17, 15) is 9.59 Å². The van der Waals surface area contributed by atoms with Crippen molar-refractivity contribution >= 4 is 11.8 Å². The van der Waals surface area contributed by atoms with Gasteiger partial charge in [-0.1, -0.05) is 68.4 Å². The van der Waals surface area contributed by atoms with Crippen LogP contribution in [0.25, 0.3) is 0 Å². The molecule has 180 valence electrons. The standard InChI is InChI=1S/C26H28N2O4.C2H6/c1-31-22-12-8-19(9-13-22)16-24(26(30)27-18-21-6-4-3-5-7-21)28-25(29)17-20-10-14-23(32-2)15-11-20;1-2/h3-15,24H,16-18H2,1-2H3,(H,27,30)(H,28,29);1-2H3. The van der Waals surface area contributed by atoms with E-state index in [0.717, 1.165) is 28.2 Å². The third-order valence-corrected chi connectivity index (χ3v) is 5.08. The quantitative estimate of drug-likeness (QED) is 0.471. The monoisotopic (exact) mass is 462 g/mol. The maximum atomic E-state index is 12.9. The summed E-state index contributed by atoms with van der Waals surface area (Å²) < 4.78 is 10.4. The zero-order valence-corrected chi connectivity index (χ0v) is 20.3. The normalized spacial score (nSPS) is 10.8. The second-order valence-electron chi connectivity index (χ2n) is 7.40. The first-order chi connectivity index (χ1) is 16.6. The Kier molecular flexibility index (Phi) is 11.2. The van der Waals surface area contributed by atoms with Gasteiger partial charge in [-0.2, -0.15) is 0 Å². The summed E-state index contributed by atoms with van der Waals surface area (Å²) in [6.07, 6.45) is 0.550. The Morgan fingerprint density at radius 1 is 0.735 bits per heavy atom. The van der Waals surface area contributed by atoms with Crippen LogP contribution < -0.4 is 20.1 Å². The number of ether oxygens (including phenoxy) is 2. The lowest BCUT2D eigenvalue weighted by atomic mass is 10.0. The van der Waals surface area contributed by atoms with Crippen LogP contribution in [0.5, 0.6) is 11.5 Å². The fraction of sp³-hybridized carbons (Fsp3) is 0.286. The lowest BCUT2D eigenvalue weighted by Gasteiger charge is -2.19. The topological polar surface area (TPSA) is 76.7 Å². The van der Waals surface area contributed by atoms with Crippen molar-refractivity contribution in [1.82, 2.24) is 10.6 Å². The maximum absolute atomic E-state index is 12.9. The van der Waals surface area contributed by atoms with Crippen LogP contribution in [0.2, 0.25) is 0 Å². The van der Waals surface area contributed by atoms with Crippen molar-refractivity contribution in [3.63, 3.8) is 0 Å². The van der Waals surface area contributed by atoms with Crippen molar-refractivity contribution in [2.75, 3.05) is 14.2 Å². The van der Waals surface area contributed by atoms with E-state index >= 15 is 0 Å². The summed E-state index contributed by atoms with van der Waals surface area (Å²) in [6, 6.07) is 23.7. The molecule has 0 bridgehead atoms. The van der Waals surface area contributed by atoms with Crippen molar-refractivity contribution in [2.45, 2.75) is 39.3 Å². The number of carbonyl (C=O) groups is 2. The molecule has 0 aromatic heterocycles. The fourth-order valence-corrected chi connectivity index (χ4v) is 3.29. The molecule has 2 N–H and O–H groups in total. The molecule has 0 spiro atoms. The molecule has 0 aliphatic carbocycles. The summed E-state index contributed by atoms with van der Waals surface area (Å²) in [6.45, 7) is 4.40. The number of amides is 2. The van der Waals surface area contributed by atoms with Gasteiger partial charge in [-0.25, -0.2) is 0 Å². The molecule has 6 heteroatoms. The largest absolute Gasteiger partial charge is 0.497 e. The van der Waals surface area contributed by atoms with Gasteiger partial charge in [0, 0.05) is 13.0 Å². The number of hydrogen-bond donors (Lipinski definition) is 2. The molecule has 0 radical (unpaired) electrons. The Bertz CT molecular complexity index is 1000. The first-order valence-corrected chi connectivity index (χ1v) is 11.4. The van der Waals surface area contributed by atoms with Crippen molar-refractivity contribution < 1.29 is 19.1 Å². The van der Waals surface area contributed by atoms with Crippen molar-refractivity contribution in [3.05, 3.63) is 95.6 Å². The van der Waals surface area contributed by atoms with Crippen LogP contribution in [0.3, 0.4) is 0 Å². The smallest absolute Gasteiger partial charge is 0.243 e. The zero-order chi connectivity index (χ0) is 24.8. The van der Waals surface area contributed by atoms with Gasteiger partial charge in [0.15, 0.2) is 0 Å². The highest BCUT2D eigenvalue weighted by molar-refractivity contribution is 5.88. The number of hydrogen-bond acceptors (Lipinski definition) is 4. The van der Waals surface area contributed by atoms with Crippen LogP contribution in [0, 0.1) is 0 Å². The van der Waals surface area contributed by atoms with Crippen molar-refractivity contribution in [2.24, 2.45) is 0 Å². The van der Waals surface area contributed by atoms with Gasteiger partial charge in [0.05, 0.1) is 20.6 Å². The molecule has 6 nitrogen and oxygen atoms in total. The fourth-order valence-electron chi connectivity index (χ4n) is 3.29. The molecule has 3 aromatic rings. The van der Waals surface area contributed by atoms with Gasteiger partial charge in [-0.3, -0.25) is 9.59 Å². The number of carbonyl (C=O) groups excluding carboxylic acids is 2. The van der Waals surface area contributed by atoms with Gasteiger partial charge < -0.3 is 20.1 Å². The molecule has 2 amide bonds. The van der Waals surface area contributed by atoms with Gasteiger partial charge in [0.1, 0.15) is 17.5 Å². The molecule has 34 heavy (non-hydrogen) atoms. The molecule has 0 fully saturated rings. The summed E-state index contributed by atoms with van der Waals surface area (Å²) in [7, 11) is 3.20.